The van der Waals surface area contributed by atoms with Gasteiger partial charge < -0.3 is 32.7 Å². The minimum atomic E-state index is -4.88. The highest BCUT2D eigenvalue weighted by atomic mass is 31.2. The second-order valence-electron chi connectivity index (χ2n) is 13.1. The van der Waals surface area contributed by atoms with Crippen LogP contribution in [-0.4, -0.2) is 61.2 Å². The van der Waals surface area contributed by atoms with Crippen LogP contribution in [0.15, 0.2) is 182 Å². The molecule has 0 aliphatic carbocycles. The predicted octanol–water partition coefficient (Wildman–Crippen LogP) is 8.53. The molecule has 0 unspecified atom stereocenters. The summed E-state index contributed by atoms with van der Waals surface area (Å²) in [6.45, 7) is -0.636. The second-order valence-corrected chi connectivity index (χ2v) is 14.5. The molecule has 0 radical (unpaired) electrons. The van der Waals surface area contributed by atoms with Crippen molar-refractivity contribution >= 4 is 31.7 Å². The van der Waals surface area contributed by atoms with Crippen LogP contribution in [-0.2, 0) is 32.8 Å². The van der Waals surface area contributed by atoms with Gasteiger partial charge in [0.1, 0.15) is 24.2 Å². The second kappa shape index (κ2) is 19.6. The summed E-state index contributed by atoms with van der Waals surface area (Å²) in [6.07, 6.45) is -8.80. The van der Waals surface area contributed by atoms with Crippen LogP contribution in [0.4, 0.5) is 0 Å². The average Bonchev–Trinajstić information content (AvgIpc) is 3.29. The van der Waals surface area contributed by atoms with Gasteiger partial charge in [0.25, 0.3) is 0 Å². The number of phosphoric acid groups is 1. The topological polar surface area (TPSA) is 159 Å². The molecule has 304 valence electrons. The van der Waals surface area contributed by atoms with Crippen molar-refractivity contribution in [1.82, 2.24) is 0 Å². The van der Waals surface area contributed by atoms with Gasteiger partial charge in [0, 0.05) is 0 Å². The van der Waals surface area contributed by atoms with Gasteiger partial charge in [-0.15, -0.1) is 0 Å². The molecule has 1 aliphatic heterocycles. The van der Waals surface area contributed by atoms with Crippen molar-refractivity contribution in [2.45, 2.75) is 30.7 Å². The molecule has 60 heavy (non-hydrogen) atoms. The number of esters is 4. The van der Waals surface area contributed by atoms with Crippen LogP contribution < -0.4 is 9.05 Å². The fourth-order valence-corrected chi connectivity index (χ4v) is 7.33. The lowest BCUT2D eigenvalue weighted by Crippen LogP contribution is -2.63. The van der Waals surface area contributed by atoms with E-state index in [9.17, 15) is 23.7 Å². The van der Waals surface area contributed by atoms with E-state index in [4.69, 9.17) is 37.3 Å². The Balaban J connectivity index is 1.33. The number of hydrogen-bond donors (Lipinski definition) is 0. The monoisotopic (exact) mass is 828 g/mol. The van der Waals surface area contributed by atoms with E-state index in [0.29, 0.717) is 0 Å². The van der Waals surface area contributed by atoms with Gasteiger partial charge in [-0.1, -0.05) is 109 Å². The molecule has 0 amide bonds. The van der Waals surface area contributed by atoms with Crippen LogP contribution in [0.2, 0.25) is 0 Å². The molecule has 0 N–H and O–H groups in total. The fourth-order valence-electron chi connectivity index (χ4n) is 6.02. The highest BCUT2D eigenvalue weighted by molar-refractivity contribution is 7.49. The molecular weight excluding hydrogens is 791 g/mol. The number of phosphoric ester groups is 1. The van der Waals surface area contributed by atoms with Crippen molar-refractivity contribution in [3.8, 4) is 11.5 Å². The molecule has 13 nitrogen and oxygen atoms in total. The van der Waals surface area contributed by atoms with Crippen LogP contribution in [0, 0.1) is 0 Å². The van der Waals surface area contributed by atoms with Crippen LogP contribution in [0.25, 0.3) is 0 Å². The van der Waals surface area contributed by atoms with E-state index >= 15 is 0 Å². The van der Waals surface area contributed by atoms with E-state index in [0.717, 1.165) is 0 Å². The SMILES string of the molecule is O=C(OC[C@H]1O[C@H](OP(=O)(Oc2ccccc2)Oc2ccccc2)[C@H](OC(=O)c2ccccc2)[C@@H](OC(=O)c2ccccc2)[C@@H]1OC(=O)c1ccccc1)c1ccccc1. The molecular formula is C46H37O13P. The van der Waals surface area contributed by atoms with Crippen molar-refractivity contribution < 1.29 is 61.0 Å². The van der Waals surface area contributed by atoms with E-state index in [1.165, 1.54) is 72.8 Å². The predicted molar refractivity (Wildman–Crippen MR) is 215 cm³/mol. The number of carbonyl (C=O) groups is 4. The van der Waals surface area contributed by atoms with Gasteiger partial charge in [0.05, 0.1) is 22.3 Å². The molecule has 1 aliphatic rings. The maximum Gasteiger partial charge on any atom is 0.590 e. The molecule has 1 saturated heterocycles. The summed E-state index contributed by atoms with van der Waals surface area (Å²) >= 11 is 0. The minimum Gasteiger partial charge on any atom is -0.459 e. The minimum absolute atomic E-state index is 0.0699. The maximum absolute atomic E-state index is 14.9. The summed E-state index contributed by atoms with van der Waals surface area (Å²) in [5, 5.41) is 0. The maximum atomic E-state index is 14.9. The smallest absolute Gasteiger partial charge is 0.459 e. The molecule has 6 aromatic carbocycles. The molecule has 0 bridgehead atoms. The lowest BCUT2D eigenvalue weighted by molar-refractivity contribution is -0.278. The van der Waals surface area contributed by atoms with E-state index in [1.807, 2.05) is 0 Å². The number of rotatable bonds is 15. The molecule has 0 aromatic heterocycles. The van der Waals surface area contributed by atoms with Crippen LogP contribution in [0.1, 0.15) is 41.4 Å². The van der Waals surface area contributed by atoms with E-state index in [-0.39, 0.29) is 33.8 Å². The number of ether oxygens (including phenoxy) is 5. The summed E-state index contributed by atoms with van der Waals surface area (Å²) in [5.74, 6) is -3.38. The van der Waals surface area contributed by atoms with Crippen molar-refractivity contribution in [3.63, 3.8) is 0 Å². The lowest BCUT2D eigenvalue weighted by atomic mass is 9.97. The molecule has 5 atom stereocenters. The third kappa shape index (κ3) is 10.7. The summed E-state index contributed by atoms with van der Waals surface area (Å²) in [7, 11) is -4.88. The standard InChI is InChI=1S/C46H37O13P/c47-42(32-19-7-1-8-20-32)52-31-38-39(54-43(48)33-21-9-2-10-22-33)40(55-44(49)34-23-11-3-12-24-34)41(56-45(50)35-25-13-4-14-26-35)46(53-38)59-60(51,57-36-27-15-5-16-28-36)58-37-29-17-6-18-30-37/h1-30,38-41,46H,31H2/t38-,39-,40+,41-,46-/m1/s1. The lowest BCUT2D eigenvalue weighted by Gasteiger charge is -2.44. The highest BCUT2D eigenvalue weighted by Crippen LogP contribution is 2.52. The normalized spacial score (nSPS) is 18.6. The van der Waals surface area contributed by atoms with Gasteiger partial charge >= 0.3 is 31.7 Å². The Morgan fingerprint density at radius 1 is 0.433 bits per heavy atom. The Bertz CT molecular complexity index is 2340. The number of hydrogen-bond acceptors (Lipinski definition) is 13. The molecule has 7 rings (SSSR count). The number of benzene rings is 6. The zero-order chi connectivity index (χ0) is 41.7. The zero-order valence-corrected chi connectivity index (χ0v) is 32.6. The van der Waals surface area contributed by atoms with Gasteiger partial charge in [0.15, 0.2) is 18.3 Å². The first-order valence-electron chi connectivity index (χ1n) is 18.7. The van der Waals surface area contributed by atoms with Crippen LogP contribution in [0.3, 0.4) is 0 Å². The van der Waals surface area contributed by atoms with Gasteiger partial charge in [-0.3, -0.25) is 0 Å². The molecule has 0 saturated carbocycles. The van der Waals surface area contributed by atoms with Crippen LogP contribution in [0.5, 0.6) is 11.5 Å². The Labute approximate surface area is 344 Å². The molecule has 0 spiro atoms. The first-order chi connectivity index (χ1) is 29.2. The number of para-hydroxylation sites is 2. The Hall–Kier alpha value is -7.05. The molecule has 1 heterocycles. The first kappa shape index (κ1) is 41.1. The van der Waals surface area contributed by atoms with E-state index < -0.39 is 69.0 Å². The van der Waals surface area contributed by atoms with Gasteiger partial charge in [-0.05, 0) is 72.8 Å². The summed E-state index contributed by atoms with van der Waals surface area (Å²) in [4.78, 5) is 55.0. The summed E-state index contributed by atoms with van der Waals surface area (Å²) in [6, 6.07) is 47.7. The van der Waals surface area contributed by atoms with Gasteiger partial charge in [-0.2, -0.15) is 0 Å². The van der Waals surface area contributed by atoms with Crippen molar-refractivity contribution in [1.29, 1.82) is 0 Å². The van der Waals surface area contributed by atoms with Crippen molar-refractivity contribution in [2.75, 3.05) is 6.61 Å². The highest BCUT2D eigenvalue weighted by Gasteiger charge is 2.56. The summed E-state index contributed by atoms with van der Waals surface area (Å²) in [5.41, 5.74) is 0.460. The molecule has 6 aromatic rings. The van der Waals surface area contributed by atoms with E-state index in [2.05, 4.69) is 0 Å². The third-order valence-electron chi connectivity index (χ3n) is 8.89. The van der Waals surface area contributed by atoms with Crippen LogP contribution >= 0.6 is 7.82 Å². The Kier molecular flexibility index (Phi) is 13.4. The average molecular weight is 829 g/mol. The largest absolute Gasteiger partial charge is 0.590 e. The number of carbonyl (C=O) groups excluding carboxylic acids is 4. The zero-order valence-electron chi connectivity index (χ0n) is 31.7. The Morgan fingerprint density at radius 3 is 1.17 bits per heavy atom. The van der Waals surface area contributed by atoms with Gasteiger partial charge in [-0.25, -0.2) is 28.3 Å². The molecule has 14 heteroatoms. The Morgan fingerprint density at radius 2 is 0.767 bits per heavy atom. The van der Waals surface area contributed by atoms with Crippen molar-refractivity contribution in [2.24, 2.45) is 0 Å². The summed E-state index contributed by atoms with van der Waals surface area (Å²) < 4.78 is 63.1. The fraction of sp³-hybridized carbons (Fsp3) is 0.130. The van der Waals surface area contributed by atoms with Crippen molar-refractivity contribution in [3.05, 3.63) is 204 Å². The molecule has 1 fully saturated rings. The first-order valence-corrected chi connectivity index (χ1v) is 20.1. The third-order valence-corrected chi connectivity index (χ3v) is 10.2. The van der Waals surface area contributed by atoms with Gasteiger partial charge in [0.2, 0.25) is 6.29 Å². The van der Waals surface area contributed by atoms with E-state index in [1.54, 1.807) is 109 Å². The quantitative estimate of drug-likeness (QED) is 0.0551.